The highest BCUT2D eigenvalue weighted by Crippen LogP contribution is 2.71. The Hall–Kier alpha value is -2.93. The second-order valence-electron chi connectivity index (χ2n) is 12.7. The van der Waals surface area contributed by atoms with E-state index in [4.69, 9.17) is 9.47 Å². The zero-order valence-electron chi connectivity index (χ0n) is 23.4. The van der Waals surface area contributed by atoms with E-state index in [1.165, 1.54) is 19.8 Å². The third-order valence-corrected chi connectivity index (χ3v) is 10.8. The van der Waals surface area contributed by atoms with Gasteiger partial charge in [0.05, 0.1) is 31.2 Å². The van der Waals surface area contributed by atoms with Crippen molar-refractivity contribution < 1.29 is 34.1 Å². The molecule has 0 heterocycles. The number of hydrogen-bond donors (Lipinski definition) is 2. The molecule has 38 heavy (non-hydrogen) atoms. The van der Waals surface area contributed by atoms with Crippen LogP contribution in [0.1, 0.15) is 66.7 Å². The molecular weight excluding hydrogens is 484 g/mol. The second-order valence-corrected chi connectivity index (χ2v) is 12.7. The summed E-state index contributed by atoms with van der Waals surface area (Å²) in [5.41, 5.74) is 2.71. The van der Waals surface area contributed by atoms with Crippen molar-refractivity contribution in [2.45, 2.75) is 72.8 Å². The van der Waals surface area contributed by atoms with Crippen LogP contribution in [0.4, 0.5) is 0 Å². The molecule has 204 valence electrons. The van der Waals surface area contributed by atoms with Gasteiger partial charge in [0, 0.05) is 11.0 Å². The predicted molar refractivity (Wildman–Crippen MR) is 141 cm³/mol. The van der Waals surface area contributed by atoms with Crippen molar-refractivity contribution in [3.63, 3.8) is 0 Å². The minimum Gasteiger partial charge on any atom is -0.504 e. The molecular formula is C31H38O7. The Morgan fingerprint density at radius 1 is 0.974 bits per heavy atom. The molecule has 6 atom stereocenters. The first kappa shape index (κ1) is 26.7. The predicted octanol–water partition coefficient (Wildman–Crippen LogP) is 4.83. The van der Waals surface area contributed by atoms with E-state index >= 15 is 0 Å². The quantitative estimate of drug-likeness (QED) is 0.500. The SMILES string of the molecule is COC(=O)C1(C)CC2C3(C)CCC4(C)C5=CC(=O)C(O)=C(C)C5=CC=C4C3=C(C)CC2(C(=O)OC)CC1O. The number of aliphatic hydroxyl groups excluding tert-OH is 2. The number of methoxy groups -OCH3 is 2. The second kappa shape index (κ2) is 8.28. The van der Waals surface area contributed by atoms with E-state index in [0.29, 0.717) is 18.4 Å². The smallest absolute Gasteiger partial charge is 0.314 e. The van der Waals surface area contributed by atoms with Gasteiger partial charge in [-0.3, -0.25) is 14.4 Å². The van der Waals surface area contributed by atoms with E-state index in [1.807, 2.05) is 6.08 Å². The lowest BCUT2D eigenvalue weighted by Gasteiger charge is -2.63. The van der Waals surface area contributed by atoms with Crippen LogP contribution in [0.3, 0.4) is 0 Å². The average molecular weight is 523 g/mol. The number of ether oxygens (including phenoxy) is 2. The van der Waals surface area contributed by atoms with Crippen molar-refractivity contribution >= 4 is 17.7 Å². The number of carbonyl (C=O) groups is 3. The zero-order valence-corrected chi connectivity index (χ0v) is 23.4. The van der Waals surface area contributed by atoms with Gasteiger partial charge < -0.3 is 19.7 Å². The number of aliphatic hydroxyl groups is 2. The van der Waals surface area contributed by atoms with E-state index in [2.05, 4.69) is 26.8 Å². The Kier molecular flexibility index (Phi) is 5.81. The average Bonchev–Trinajstić information content (AvgIpc) is 2.88. The highest BCUT2D eigenvalue weighted by molar-refractivity contribution is 6.06. The summed E-state index contributed by atoms with van der Waals surface area (Å²) in [5, 5.41) is 21.6. The maximum atomic E-state index is 13.5. The molecule has 5 aliphatic carbocycles. The van der Waals surface area contributed by atoms with Gasteiger partial charge in [0.25, 0.3) is 0 Å². The lowest BCUT2D eigenvalue weighted by atomic mass is 9.40. The van der Waals surface area contributed by atoms with E-state index in [0.717, 1.165) is 35.1 Å². The van der Waals surface area contributed by atoms with Crippen LogP contribution in [0.15, 0.2) is 57.4 Å². The van der Waals surface area contributed by atoms with E-state index < -0.39 is 33.7 Å². The molecule has 2 saturated carbocycles. The molecule has 7 nitrogen and oxygen atoms in total. The summed E-state index contributed by atoms with van der Waals surface area (Å²) in [6, 6.07) is 0. The molecule has 2 fully saturated rings. The number of ketones is 1. The molecule has 0 saturated heterocycles. The summed E-state index contributed by atoms with van der Waals surface area (Å²) in [5.74, 6) is -1.67. The zero-order chi connectivity index (χ0) is 28.0. The Labute approximate surface area is 224 Å². The molecule has 5 aliphatic rings. The Morgan fingerprint density at radius 3 is 2.26 bits per heavy atom. The number of esters is 2. The molecule has 0 bridgehead atoms. The third-order valence-electron chi connectivity index (χ3n) is 10.8. The molecule has 5 rings (SSSR count). The topological polar surface area (TPSA) is 110 Å². The largest absolute Gasteiger partial charge is 0.504 e. The van der Waals surface area contributed by atoms with Crippen LogP contribution in [0, 0.1) is 27.6 Å². The molecule has 0 aliphatic heterocycles. The lowest BCUT2D eigenvalue weighted by molar-refractivity contribution is -0.193. The number of rotatable bonds is 2. The van der Waals surface area contributed by atoms with Gasteiger partial charge in [0.1, 0.15) is 0 Å². The molecule has 6 unspecified atom stereocenters. The molecule has 0 aromatic carbocycles. The number of fused-ring (bicyclic) bond motifs is 7. The normalized spacial score (nSPS) is 40.1. The number of carbonyl (C=O) groups excluding carboxylic acids is 3. The summed E-state index contributed by atoms with van der Waals surface area (Å²) >= 11 is 0. The van der Waals surface area contributed by atoms with Crippen LogP contribution < -0.4 is 0 Å². The van der Waals surface area contributed by atoms with E-state index in [-0.39, 0.29) is 29.9 Å². The maximum Gasteiger partial charge on any atom is 0.314 e. The minimum absolute atomic E-state index is 0.124. The molecule has 0 spiro atoms. The van der Waals surface area contributed by atoms with Gasteiger partial charge in [-0.2, -0.15) is 0 Å². The van der Waals surface area contributed by atoms with Crippen LogP contribution >= 0.6 is 0 Å². The van der Waals surface area contributed by atoms with E-state index in [9.17, 15) is 24.6 Å². The Bertz CT molecular complexity index is 1330. The lowest BCUT2D eigenvalue weighted by Crippen LogP contribution is -2.62. The fourth-order valence-corrected chi connectivity index (χ4v) is 8.61. The van der Waals surface area contributed by atoms with Gasteiger partial charge in [0.15, 0.2) is 5.76 Å². The van der Waals surface area contributed by atoms with Crippen LogP contribution in [0.25, 0.3) is 0 Å². The van der Waals surface area contributed by atoms with Gasteiger partial charge >= 0.3 is 11.9 Å². The maximum absolute atomic E-state index is 13.5. The van der Waals surface area contributed by atoms with Crippen LogP contribution in [-0.2, 0) is 23.9 Å². The molecule has 7 heteroatoms. The molecule has 0 aromatic rings. The number of hydrogen-bond acceptors (Lipinski definition) is 7. The first-order valence-corrected chi connectivity index (χ1v) is 13.4. The van der Waals surface area contributed by atoms with Crippen molar-refractivity contribution in [2.24, 2.45) is 27.6 Å². The number of allylic oxidation sites excluding steroid dienone is 9. The van der Waals surface area contributed by atoms with Gasteiger partial charge in [0.2, 0.25) is 5.78 Å². The summed E-state index contributed by atoms with van der Waals surface area (Å²) in [6.45, 7) is 9.91. The summed E-state index contributed by atoms with van der Waals surface area (Å²) in [6.07, 6.45) is 6.91. The standard InChI is InChI=1S/C31H38O7/c1-16-13-31(27(36)38-7)15-23(33)30(5,26(35)37-6)14-22(31)29(4)11-10-28(3)19(24(16)29)9-8-18-17(2)25(34)21(32)12-20(18)28/h8-9,12,22-23,33-34H,10-11,13-15H2,1-7H3. The van der Waals surface area contributed by atoms with E-state index in [1.54, 1.807) is 19.9 Å². The van der Waals surface area contributed by atoms with Crippen LogP contribution in [0.5, 0.6) is 0 Å². The highest BCUT2D eigenvalue weighted by Gasteiger charge is 2.67. The van der Waals surface area contributed by atoms with Crippen LogP contribution in [0.2, 0.25) is 0 Å². The molecule has 2 N–H and O–H groups in total. The Morgan fingerprint density at radius 2 is 1.63 bits per heavy atom. The van der Waals surface area contributed by atoms with Gasteiger partial charge in [-0.25, -0.2) is 0 Å². The van der Waals surface area contributed by atoms with Gasteiger partial charge in [-0.05, 0) is 92.6 Å². The van der Waals surface area contributed by atoms with Crippen molar-refractivity contribution in [1.29, 1.82) is 0 Å². The van der Waals surface area contributed by atoms with Crippen LogP contribution in [-0.4, -0.2) is 48.3 Å². The van der Waals surface area contributed by atoms with Crippen molar-refractivity contribution in [3.8, 4) is 0 Å². The fourth-order valence-electron chi connectivity index (χ4n) is 8.61. The molecule has 0 amide bonds. The van der Waals surface area contributed by atoms with Crippen molar-refractivity contribution in [2.75, 3.05) is 14.2 Å². The third kappa shape index (κ3) is 3.14. The Balaban J connectivity index is 1.72. The first-order valence-electron chi connectivity index (χ1n) is 13.4. The summed E-state index contributed by atoms with van der Waals surface area (Å²) in [4.78, 5) is 39.2. The van der Waals surface area contributed by atoms with Gasteiger partial charge in [-0.1, -0.05) is 31.6 Å². The molecule has 0 aromatic heterocycles. The fraction of sp³-hybridized carbons (Fsp3) is 0.581. The highest BCUT2D eigenvalue weighted by atomic mass is 16.5. The van der Waals surface area contributed by atoms with Crippen molar-refractivity contribution in [1.82, 2.24) is 0 Å². The summed E-state index contributed by atoms with van der Waals surface area (Å²) in [7, 11) is 2.72. The minimum atomic E-state index is -1.15. The molecule has 0 radical (unpaired) electrons. The summed E-state index contributed by atoms with van der Waals surface area (Å²) < 4.78 is 10.5. The van der Waals surface area contributed by atoms with Crippen molar-refractivity contribution in [3.05, 3.63) is 57.4 Å². The monoisotopic (exact) mass is 522 g/mol. The first-order chi connectivity index (χ1) is 17.7. The van der Waals surface area contributed by atoms with Gasteiger partial charge in [-0.15, -0.1) is 0 Å².